The Morgan fingerprint density at radius 3 is 2.35 bits per heavy atom. The lowest BCUT2D eigenvalue weighted by Crippen LogP contribution is -2.45. The maximum absolute atomic E-state index is 14.1. The number of rotatable bonds is 4. The summed E-state index contributed by atoms with van der Waals surface area (Å²) in [5.74, 6) is -0.425. The largest absolute Gasteiger partial charge is 0.389 e. The fraction of sp³-hybridized carbons (Fsp3) is 0.600. The Kier molecular flexibility index (Phi) is 9.43. The topological polar surface area (TPSA) is 15.3 Å². The molecule has 0 bridgehead atoms. The summed E-state index contributed by atoms with van der Waals surface area (Å²) >= 11 is 0. The molecule has 1 fully saturated rings. The Bertz CT molecular complexity index is 477. The highest BCUT2D eigenvalue weighted by Crippen LogP contribution is 2.33. The molecule has 23 heavy (non-hydrogen) atoms. The summed E-state index contributed by atoms with van der Waals surface area (Å²) in [6.07, 6.45) is -5.22. The van der Waals surface area contributed by atoms with Crippen LogP contribution in [0.2, 0.25) is 0 Å². The molecule has 0 saturated carbocycles. The van der Waals surface area contributed by atoms with Crippen molar-refractivity contribution in [3.63, 3.8) is 0 Å². The first-order valence-electron chi connectivity index (χ1n) is 7.14. The maximum atomic E-state index is 14.1. The van der Waals surface area contributed by atoms with Crippen molar-refractivity contribution in [3.8, 4) is 0 Å². The van der Waals surface area contributed by atoms with Crippen LogP contribution in [0.15, 0.2) is 18.2 Å². The van der Waals surface area contributed by atoms with E-state index < -0.39 is 24.5 Å². The van der Waals surface area contributed by atoms with Gasteiger partial charge in [0.2, 0.25) is 0 Å². The lowest BCUT2D eigenvalue weighted by molar-refractivity contribution is -0.138. The molecule has 0 unspecified atom stereocenters. The third kappa shape index (κ3) is 6.83. The summed E-state index contributed by atoms with van der Waals surface area (Å²) in [6, 6.07) is 4.12. The van der Waals surface area contributed by atoms with Crippen molar-refractivity contribution >= 4 is 24.8 Å². The predicted molar refractivity (Wildman–Crippen MR) is 88.1 cm³/mol. The molecule has 0 radical (unpaired) electrons. The highest BCUT2D eigenvalue weighted by atomic mass is 35.5. The first kappa shape index (κ1) is 22.4. The molecule has 0 amide bonds. The molecular weight excluding hydrogens is 355 g/mol. The molecule has 1 aliphatic rings. The number of benzene rings is 1. The fourth-order valence-electron chi connectivity index (χ4n) is 2.75. The minimum atomic E-state index is -4.22. The van der Waals surface area contributed by atoms with Crippen molar-refractivity contribution < 1.29 is 17.6 Å². The molecule has 1 heterocycles. The van der Waals surface area contributed by atoms with Crippen LogP contribution in [0.5, 0.6) is 0 Å². The molecule has 1 aromatic rings. The summed E-state index contributed by atoms with van der Waals surface area (Å²) in [7, 11) is 0. The third-order valence-corrected chi connectivity index (χ3v) is 3.80. The lowest BCUT2D eigenvalue weighted by Gasteiger charge is -2.35. The fourth-order valence-corrected chi connectivity index (χ4v) is 2.75. The SMILES string of the molecule is Cc1ccc(F)c([C@@H](CCC(F)(F)F)N2CCNCC2)c1.Cl.Cl. The van der Waals surface area contributed by atoms with Gasteiger partial charge in [-0.3, -0.25) is 4.90 Å². The van der Waals surface area contributed by atoms with Crippen LogP contribution < -0.4 is 5.32 Å². The minimum Gasteiger partial charge on any atom is -0.314 e. The number of nitrogens with zero attached hydrogens (tertiary/aromatic N) is 1. The van der Waals surface area contributed by atoms with E-state index in [0.29, 0.717) is 18.7 Å². The number of nitrogens with one attached hydrogen (secondary N) is 1. The monoisotopic (exact) mass is 376 g/mol. The summed E-state index contributed by atoms with van der Waals surface area (Å²) in [4.78, 5) is 1.94. The van der Waals surface area contributed by atoms with Crippen LogP contribution in [0.25, 0.3) is 0 Å². The second-order valence-corrected chi connectivity index (χ2v) is 5.48. The van der Waals surface area contributed by atoms with Gasteiger partial charge in [-0.25, -0.2) is 4.39 Å². The number of hydrogen-bond donors (Lipinski definition) is 1. The van der Waals surface area contributed by atoms with E-state index in [1.165, 1.54) is 6.07 Å². The molecule has 2 rings (SSSR count). The summed E-state index contributed by atoms with van der Waals surface area (Å²) in [6.45, 7) is 4.53. The third-order valence-electron chi connectivity index (χ3n) is 3.80. The highest BCUT2D eigenvalue weighted by Gasteiger charge is 2.32. The van der Waals surface area contributed by atoms with E-state index >= 15 is 0 Å². The van der Waals surface area contributed by atoms with E-state index in [1.807, 2.05) is 11.8 Å². The Hall–Kier alpha value is -0.560. The zero-order valence-corrected chi connectivity index (χ0v) is 14.5. The minimum absolute atomic E-state index is 0. The van der Waals surface area contributed by atoms with Gasteiger partial charge in [-0.15, -0.1) is 24.8 Å². The number of aryl methyl sites for hydroxylation is 1. The Labute approximate surface area is 146 Å². The molecule has 1 N–H and O–H groups in total. The van der Waals surface area contributed by atoms with Crippen LogP contribution in [0.3, 0.4) is 0 Å². The van der Waals surface area contributed by atoms with Crippen LogP contribution in [-0.2, 0) is 0 Å². The quantitative estimate of drug-likeness (QED) is 0.789. The van der Waals surface area contributed by atoms with Crippen LogP contribution >= 0.6 is 24.8 Å². The molecule has 0 aromatic heterocycles. The summed E-state index contributed by atoms with van der Waals surface area (Å²) in [5.41, 5.74) is 1.24. The van der Waals surface area contributed by atoms with Gasteiger partial charge in [0.1, 0.15) is 5.82 Å². The molecule has 1 aromatic carbocycles. The van der Waals surface area contributed by atoms with Crippen LogP contribution in [0.1, 0.15) is 30.0 Å². The standard InChI is InChI=1S/C15H20F4N2.2ClH/c1-11-2-3-13(16)12(10-11)14(4-5-15(17,18)19)21-8-6-20-7-9-21;;/h2-3,10,14,20H,4-9H2,1H3;2*1H/t14-;;/m1../s1. The van der Waals surface area contributed by atoms with Crippen LogP contribution in [0, 0.1) is 12.7 Å². The first-order valence-corrected chi connectivity index (χ1v) is 7.14. The van der Waals surface area contributed by atoms with E-state index in [9.17, 15) is 17.6 Å². The molecule has 8 heteroatoms. The van der Waals surface area contributed by atoms with Crippen molar-refractivity contribution in [3.05, 3.63) is 35.1 Å². The van der Waals surface area contributed by atoms with Crippen LogP contribution in [0.4, 0.5) is 17.6 Å². The van der Waals surface area contributed by atoms with Gasteiger partial charge in [-0.1, -0.05) is 17.7 Å². The summed E-state index contributed by atoms with van der Waals surface area (Å²) < 4.78 is 51.7. The second-order valence-electron chi connectivity index (χ2n) is 5.48. The predicted octanol–water partition coefficient (Wildman–Crippen LogP) is 4.27. The van der Waals surface area contributed by atoms with Crippen molar-refractivity contribution in [1.82, 2.24) is 10.2 Å². The number of halogens is 6. The smallest absolute Gasteiger partial charge is 0.314 e. The number of piperazine rings is 1. The van der Waals surface area contributed by atoms with E-state index in [4.69, 9.17) is 0 Å². The molecular formula is C15H22Cl2F4N2. The molecule has 1 aliphatic heterocycles. The molecule has 0 aliphatic carbocycles. The zero-order valence-electron chi connectivity index (χ0n) is 12.8. The Morgan fingerprint density at radius 2 is 1.78 bits per heavy atom. The maximum Gasteiger partial charge on any atom is 0.389 e. The van der Waals surface area contributed by atoms with Gasteiger partial charge >= 0.3 is 6.18 Å². The Balaban J connectivity index is 0.00000242. The van der Waals surface area contributed by atoms with E-state index in [2.05, 4.69) is 5.32 Å². The van der Waals surface area contributed by atoms with Crippen molar-refractivity contribution in [1.29, 1.82) is 0 Å². The molecule has 134 valence electrons. The van der Waals surface area contributed by atoms with Gasteiger partial charge in [-0.2, -0.15) is 13.2 Å². The Morgan fingerprint density at radius 1 is 1.17 bits per heavy atom. The highest BCUT2D eigenvalue weighted by molar-refractivity contribution is 5.85. The van der Waals surface area contributed by atoms with Gasteiger partial charge in [0.25, 0.3) is 0 Å². The average Bonchev–Trinajstić information content (AvgIpc) is 2.43. The van der Waals surface area contributed by atoms with Gasteiger partial charge in [0, 0.05) is 44.2 Å². The van der Waals surface area contributed by atoms with Crippen molar-refractivity contribution in [2.24, 2.45) is 0 Å². The normalized spacial score (nSPS) is 17.1. The van der Waals surface area contributed by atoms with Crippen molar-refractivity contribution in [2.75, 3.05) is 26.2 Å². The van der Waals surface area contributed by atoms with Gasteiger partial charge < -0.3 is 5.32 Å². The molecule has 0 spiro atoms. The van der Waals surface area contributed by atoms with Gasteiger partial charge in [-0.05, 0) is 19.4 Å². The summed E-state index contributed by atoms with van der Waals surface area (Å²) in [5, 5.41) is 3.16. The first-order chi connectivity index (χ1) is 9.87. The molecule has 2 nitrogen and oxygen atoms in total. The van der Waals surface area contributed by atoms with Gasteiger partial charge in [0.05, 0.1) is 0 Å². The number of hydrogen-bond acceptors (Lipinski definition) is 2. The molecule has 1 atom stereocenters. The van der Waals surface area contributed by atoms with E-state index in [1.54, 1.807) is 12.1 Å². The van der Waals surface area contributed by atoms with E-state index in [0.717, 1.165) is 18.7 Å². The van der Waals surface area contributed by atoms with Crippen LogP contribution in [-0.4, -0.2) is 37.3 Å². The average molecular weight is 377 g/mol. The zero-order chi connectivity index (χ0) is 15.5. The lowest BCUT2D eigenvalue weighted by atomic mass is 9.97. The van der Waals surface area contributed by atoms with Crippen molar-refractivity contribution in [2.45, 2.75) is 32.0 Å². The number of alkyl halides is 3. The van der Waals surface area contributed by atoms with Gasteiger partial charge in [0.15, 0.2) is 0 Å². The molecule has 1 saturated heterocycles. The van der Waals surface area contributed by atoms with E-state index in [-0.39, 0.29) is 31.2 Å². The second kappa shape index (κ2) is 9.67.